The van der Waals surface area contributed by atoms with Gasteiger partial charge in [-0.15, -0.1) is 0 Å². The summed E-state index contributed by atoms with van der Waals surface area (Å²) >= 11 is 0. The molecule has 0 aromatic heterocycles. The third kappa shape index (κ3) is 4.70. The van der Waals surface area contributed by atoms with E-state index in [-0.39, 0.29) is 6.61 Å². The Morgan fingerprint density at radius 1 is 1.33 bits per heavy atom. The number of nitrogens with zero attached hydrogens (tertiary/aromatic N) is 2. The summed E-state index contributed by atoms with van der Waals surface area (Å²) in [6.45, 7) is 7.42. The zero-order valence-electron chi connectivity index (χ0n) is 8.75. The SMILES string of the molecule is CCN(CCO)C(C)CN(C)C. The van der Waals surface area contributed by atoms with E-state index in [1.54, 1.807) is 0 Å². The summed E-state index contributed by atoms with van der Waals surface area (Å²) in [6.07, 6.45) is 0. The highest BCUT2D eigenvalue weighted by Gasteiger charge is 2.11. The predicted molar refractivity (Wildman–Crippen MR) is 52.3 cm³/mol. The molecular formula is C9H22N2O. The molecule has 0 heterocycles. The van der Waals surface area contributed by atoms with Gasteiger partial charge in [-0.3, -0.25) is 4.90 Å². The molecule has 0 aliphatic heterocycles. The lowest BCUT2D eigenvalue weighted by Crippen LogP contribution is -2.41. The molecule has 0 aromatic carbocycles. The molecule has 1 unspecified atom stereocenters. The smallest absolute Gasteiger partial charge is 0.0558 e. The molecule has 0 fully saturated rings. The Morgan fingerprint density at radius 3 is 2.25 bits per heavy atom. The predicted octanol–water partition coefficient (Wildman–Crippen LogP) is 0.251. The van der Waals surface area contributed by atoms with E-state index in [0.717, 1.165) is 19.6 Å². The van der Waals surface area contributed by atoms with Crippen LogP contribution in [-0.2, 0) is 0 Å². The molecule has 12 heavy (non-hydrogen) atoms. The molecule has 0 bridgehead atoms. The molecule has 0 aliphatic rings. The topological polar surface area (TPSA) is 26.7 Å². The maximum atomic E-state index is 8.80. The number of aliphatic hydroxyl groups is 1. The highest BCUT2D eigenvalue weighted by atomic mass is 16.3. The minimum Gasteiger partial charge on any atom is -0.395 e. The zero-order chi connectivity index (χ0) is 9.56. The molecule has 0 saturated carbocycles. The van der Waals surface area contributed by atoms with Crippen molar-refractivity contribution < 1.29 is 5.11 Å². The fourth-order valence-electron chi connectivity index (χ4n) is 1.46. The van der Waals surface area contributed by atoms with E-state index in [1.165, 1.54) is 0 Å². The van der Waals surface area contributed by atoms with Gasteiger partial charge in [0.25, 0.3) is 0 Å². The van der Waals surface area contributed by atoms with Crippen molar-refractivity contribution in [3.05, 3.63) is 0 Å². The van der Waals surface area contributed by atoms with Crippen LogP contribution in [0.1, 0.15) is 13.8 Å². The summed E-state index contributed by atoms with van der Waals surface area (Å²) in [5, 5.41) is 8.80. The van der Waals surface area contributed by atoms with Gasteiger partial charge in [-0.25, -0.2) is 0 Å². The Hall–Kier alpha value is -0.120. The van der Waals surface area contributed by atoms with Gasteiger partial charge in [0.05, 0.1) is 6.61 Å². The molecule has 1 N–H and O–H groups in total. The van der Waals surface area contributed by atoms with Crippen molar-refractivity contribution in [2.45, 2.75) is 19.9 Å². The Bertz CT molecular complexity index is 107. The van der Waals surface area contributed by atoms with Gasteiger partial charge in [0.1, 0.15) is 0 Å². The van der Waals surface area contributed by atoms with Crippen LogP contribution >= 0.6 is 0 Å². The van der Waals surface area contributed by atoms with Crippen molar-refractivity contribution in [3.8, 4) is 0 Å². The molecule has 0 amide bonds. The molecule has 74 valence electrons. The summed E-state index contributed by atoms with van der Waals surface area (Å²) in [5.41, 5.74) is 0. The van der Waals surface area contributed by atoms with E-state index in [4.69, 9.17) is 5.11 Å². The molecule has 0 rings (SSSR count). The first-order chi connectivity index (χ1) is 5.61. The van der Waals surface area contributed by atoms with Crippen molar-refractivity contribution in [3.63, 3.8) is 0 Å². The third-order valence-corrected chi connectivity index (χ3v) is 2.05. The van der Waals surface area contributed by atoms with Crippen LogP contribution in [0.25, 0.3) is 0 Å². The van der Waals surface area contributed by atoms with Gasteiger partial charge < -0.3 is 10.0 Å². The first kappa shape index (κ1) is 11.9. The van der Waals surface area contributed by atoms with Crippen LogP contribution < -0.4 is 0 Å². The van der Waals surface area contributed by atoms with Crippen molar-refractivity contribution in [1.82, 2.24) is 9.80 Å². The second-order valence-electron chi connectivity index (χ2n) is 3.46. The van der Waals surface area contributed by atoms with Crippen LogP contribution in [0.5, 0.6) is 0 Å². The Kier molecular flexibility index (Phi) is 6.34. The van der Waals surface area contributed by atoms with E-state index in [1.807, 2.05) is 0 Å². The molecule has 0 saturated heterocycles. The van der Waals surface area contributed by atoms with Crippen LogP contribution in [0.2, 0.25) is 0 Å². The van der Waals surface area contributed by atoms with Crippen molar-refractivity contribution in [2.75, 3.05) is 40.3 Å². The van der Waals surface area contributed by atoms with E-state index in [9.17, 15) is 0 Å². The minimum atomic E-state index is 0.256. The van der Waals surface area contributed by atoms with Crippen LogP contribution in [0.15, 0.2) is 0 Å². The van der Waals surface area contributed by atoms with Crippen LogP contribution in [0, 0.1) is 0 Å². The minimum absolute atomic E-state index is 0.256. The first-order valence-corrected chi connectivity index (χ1v) is 4.61. The molecule has 0 aromatic rings. The summed E-state index contributed by atoms with van der Waals surface area (Å²) < 4.78 is 0. The van der Waals surface area contributed by atoms with Crippen LogP contribution in [-0.4, -0.2) is 61.3 Å². The molecule has 0 spiro atoms. The Morgan fingerprint density at radius 2 is 1.92 bits per heavy atom. The number of hydrogen-bond donors (Lipinski definition) is 1. The van der Waals surface area contributed by atoms with Gasteiger partial charge in [0.2, 0.25) is 0 Å². The number of aliphatic hydroxyl groups excluding tert-OH is 1. The number of rotatable bonds is 6. The van der Waals surface area contributed by atoms with Gasteiger partial charge in [0.15, 0.2) is 0 Å². The van der Waals surface area contributed by atoms with Gasteiger partial charge in [0, 0.05) is 19.1 Å². The largest absolute Gasteiger partial charge is 0.395 e. The van der Waals surface area contributed by atoms with Crippen molar-refractivity contribution in [2.24, 2.45) is 0 Å². The fourth-order valence-corrected chi connectivity index (χ4v) is 1.46. The normalized spacial score (nSPS) is 14.2. The summed E-state index contributed by atoms with van der Waals surface area (Å²) in [4.78, 5) is 4.45. The summed E-state index contributed by atoms with van der Waals surface area (Å²) in [5.74, 6) is 0. The van der Waals surface area contributed by atoms with E-state index in [0.29, 0.717) is 6.04 Å². The molecule has 3 nitrogen and oxygen atoms in total. The monoisotopic (exact) mass is 174 g/mol. The fraction of sp³-hybridized carbons (Fsp3) is 1.00. The van der Waals surface area contributed by atoms with Crippen LogP contribution in [0.3, 0.4) is 0 Å². The average Bonchev–Trinajstić information content (AvgIpc) is 1.98. The zero-order valence-corrected chi connectivity index (χ0v) is 8.75. The molecule has 0 aliphatic carbocycles. The maximum absolute atomic E-state index is 8.80. The molecule has 3 heteroatoms. The second-order valence-corrected chi connectivity index (χ2v) is 3.46. The number of likely N-dealkylation sites (N-methyl/N-ethyl adjacent to an activating group) is 2. The van der Waals surface area contributed by atoms with Crippen LogP contribution in [0.4, 0.5) is 0 Å². The van der Waals surface area contributed by atoms with Gasteiger partial charge in [-0.2, -0.15) is 0 Å². The van der Waals surface area contributed by atoms with Crippen molar-refractivity contribution >= 4 is 0 Å². The van der Waals surface area contributed by atoms with Crippen molar-refractivity contribution in [1.29, 1.82) is 0 Å². The lowest BCUT2D eigenvalue weighted by molar-refractivity contribution is 0.144. The molecule has 0 radical (unpaired) electrons. The summed E-state index contributed by atoms with van der Waals surface area (Å²) in [6, 6.07) is 0.525. The molecular weight excluding hydrogens is 152 g/mol. The highest BCUT2D eigenvalue weighted by Crippen LogP contribution is 1.98. The second kappa shape index (κ2) is 6.40. The average molecular weight is 174 g/mol. The number of hydrogen-bond acceptors (Lipinski definition) is 3. The highest BCUT2D eigenvalue weighted by molar-refractivity contribution is 4.67. The van der Waals surface area contributed by atoms with Gasteiger partial charge >= 0.3 is 0 Å². The lowest BCUT2D eigenvalue weighted by Gasteiger charge is -2.29. The first-order valence-electron chi connectivity index (χ1n) is 4.61. The third-order valence-electron chi connectivity index (χ3n) is 2.05. The quantitative estimate of drug-likeness (QED) is 0.625. The van der Waals surface area contributed by atoms with Gasteiger partial charge in [-0.05, 0) is 27.6 Å². The Balaban J connectivity index is 3.76. The lowest BCUT2D eigenvalue weighted by atomic mass is 10.2. The standard InChI is InChI=1S/C9H22N2O/c1-5-11(6-7-12)9(2)8-10(3)4/h9,12H,5-8H2,1-4H3. The van der Waals surface area contributed by atoms with E-state index < -0.39 is 0 Å². The summed E-state index contributed by atoms with van der Waals surface area (Å²) in [7, 11) is 4.15. The Labute approximate surface area is 76.0 Å². The maximum Gasteiger partial charge on any atom is 0.0558 e. The van der Waals surface area contributed by atoms with E-state index >= 15 is 0 Å². The molecule has 1 atom stereocenters. The van der Waals surface area contributed by atoms with E-state index in [2.05, 4.69) is 37.7 Å². The van der Waals surface area contributed by atoms with Gasteiger partial charge in [-0.1, -0.05) is 6.92 Å².